The predicted molar refractivity (Wildman–Crippen MR) is 70.7 cm³/mol. The maximum atomic E-state index is 6.60. The molecule has 1 aromatic heterocycles. The van der Waals surface area contributed by atoms with Crippen molar-refractivity contribution in [1.29, 1.82) is 0 Å². The smallest absolute Gasteiger partial charge is 0.0426 e. The van der Waals surface area contributed by atoms with Gasteiger partial charge in [-0.1, -0.05) is 25.1 Å². The molecule has 16 heavy (non-hydrogen) atoms. The van der Waals surface area contributed by atoms with Crippen molar-refractivity contribution < 1.29 is 0 Å². The molecule has 0 radical (unpaired) electrons. The van der Waals surface area contributed by atoms with Crippen molar-refractivity contribution in [1.82, 2.24) is 0 Å². The van der Waals surface area contributed by atoms with E-state index in [0.717, 1.165) is 18.8 Å². The topological polar surface area (TPSA) is 26.0 Å². The fourth-order valence-corrected chi connectivity index (χ4v) is 3.98. The van der Waals surface area contributed by atoms with Crippen molar-refractivity contribution in [2.45, 2.75) is 31.7 Å². The molecule has 2 atom stereocenters. The normalized spacial score (nSPS) is 30.0. The van der Waals surface area contributed by atoms with E-state index in [2.05, 4.69) is 36.6 Å². The maximum absolute atomic E-state index is 6.60. The lowest BCUT2D eigenvalue weighted by Crippen LogP contribution is -2.33. The van der Waals surface area contributed by atoms with Crippen LogP contribution in [0.5, 0.6) is 0 Å². The van der Waals surface area contributed by atoms with Crippen LogP contribution in [0, 0.1) is 5.92 Å². The third kappa shape index (κ3) is 1.48. The first-order valence-electron chi connectivity index (χ1n) is 5.95. The zero-order valence-electron chi connectivity index (χ0n) is 9.57. The Bertz CT molecular complexity index is 516. The summed E-state index contributed by atoms with van der Waals surface area (Å²) in [6.07, 6.45) is 3.52. The van der Waals surface area contributed by atoms with Gasteiger partial charge in [-0.25, -0.2) is 0 Å². The van der Waals surface area contributed by atoms with E-state index in [-0.39, 0.29) is 5.54 Å². The van der Waals surface area contributed by atoms with Crippen LogP contribution in [0.25, 0.3) is 10.1 Å². The highest BCUT2D eigenvalue weighted by molar-refractivity contribution is 7.17. The Morgan fingerprint density at radius 2 is 2.25 bits per heavy atom. The molecule has 1 heterocycles. The fraction of sp³-hybridized carbons (Fsp3) is 0.429. The maximum Gasteiger partial charge on any atom is 0.0426 e. The van der Waals surface area contributed by atoms with Gasteiger partial charge in [0.2, 0.25) is 0 Å². The molecule has 1 fully saturated rings. The van der Waals surface area contributed by atoms with E-state index in [9.17, 15) is 0 Å². The monoisotopic (exact) mass is 231 g/mol. The van der Waals surface area contributed by atoms with E-state index in [0.29, 0.717) is 0 Å². The molecule has 0 spiro atoms. The summed E-state index contributed by atoms with van der Waals surface area (Å²) in [5.74, 6) is 0.764. The standard InChI is InChI=1S/C14H17NS/c1-10-5-7-14(15,9-10)12-4-2-3-11-6-8-16-13(11)12/h2-4,6,8,10H,5,7,9,15H2,1H3. The summed E-state index contributed by atoms with van der Waals surface area (Å²) in [5.41, 5.74) is 7.89. The zero-order chi connectivity index (χ0) is 11.2. The Balaban J connectivity index is 2.15. The van der Waals surface area contributed by atoms with E-state index < -0.39 is 0 Å². The van der Waals surface area contributed by atoms with Gasteiger partial charge in [-0.2, -0.15) is 0 Å². The molecule has 2 heteroatoms. The van der Waals surface area contributed by atoms with Crippen LogP contribution < -0.4 is 5.73 Å². The van der Waals surface area contributed by atoms with Crippen LogP contribution >= 0.6 is 11.3 Å². The molecule has 1 nitrogen and oxygen atoms in total. The third-order valence-electron chi connectivity index (χ3n) is 3.81. The predicted octanol–water partition coefficient (Wildman–Crippen LogP) is 3.88. The average molecular weight is 231 g/mol. The molecule has 2 unspecified atom stereocenters. The van der Waals surface area contributed by atoms with E-state index >= 15 is 0 Å². The summed E-state index contributed by atoms with van der Waals surface area (Å²) in [6.45, 7) is 2.31. The van der Waals surface area contributed by atoms with Gasteiger partial charge >= 0.3 is 0 Å². The van der Waals surface area contributed by atoms with Gasteiger partial charge in [-0.3, -0.25) is 0 Å². The molecule has 2 N–H and O–H groups in total. The molecule has 3 rings (SSSR count). The van der Waals surface area contributed by atoms with Crippen LogP contribution in [0.4, 0.5) is 0 Å². The molecular weight excluding hydrogens is 214 g/mol. The second-order valence-electron chi connectivity index (χ2n) is 5.15. The van der Waals surface area contributed by atoms with Crippen molar-refractivity contribution in [3.63, 3.8) is 0 Å². The molecule has 0 bridgehead atoms. The lowest BCUT2D eigenvalue weighted by atomic mass is 9.88. The molecule has 0 aliphatic heterocycles. The number of hydrogen-bond donors (Lipinski definition) is 1. The molecule has 84 valence electrons. The molecule has 1 aliphatic carbocycles. The van der Waals surface area contributed by atoms with Gasteiger partial charge in [0.1, 0.15) is 0 Å². The van der Waals surface area contributed by atoms with Gasteiger partial charge < -0.3 is 5.73 Å². The highest BCUT2D eigenvalue weighted by Crippen LogP contribution is 2.43. The van der Waals surface area contributed by atoms with Gasteiger partial charge in [0.05, 0.1) is 0 Å². The van der Waals surface area contributed by atoms with Gasteiger partial charge in [-0.15, -0.1) is 11.3 Å². The molecule has 1 saturated carbocycles. The lowest BCUT2D eigenvalue weighted by molar-refractivity contribution is 0.445. The quantitative estimate of drug-likeness (QED) is 0.792. The molecular formula is C14H17NS. The van der Waals surface area contributed by atoms with Gasteiger partial charge in [0, 0.05) is 10.2 Å². The van der Waals surface area contributed by atoms with E-state index in [1.54, 1.807) is 0 Å². The third-order valence-corrected chi connectivity index (χ3v) is 4.77. The largest absolute Gasteiger partial charge is 0.321 e. The van der Waals surface area contributed by atoms with Crippen LogP contribution in [0.2, 0.25) is 0 Å². The fourth-order valence-electron chi connectivity index (χ4n) is 2.96. The van der Waals surface area contributed by atoms with Crippen LogP contribution in [0.3, 0.4) is 0 Å². The van der Waals surface area contributed by atoms with Gasteiger partial charge in [-0.05, 0) is 47.6 Å². The lowest BCUT2D eigenvalue weighted by Gasteiger charge is -2.25. The number of thiophene rings is 1. The number of nitrogens with two attached hydrogens (primary N) is 1. The number of benzene rings is 1. The number of hydrogen-bond acceptors (Lipinski definition) is 2. The van der Waals surface area contributed by atoms with Crippen molar-refractivity contribution in [3.8, 4) is 0 Å². The Kier molecular flexibility index (Phi) is 2.30. The zero-order valence-corrected chi connectivity index (χ0v) is 10.4. The highest BCUT2D eigenvalue weighted by atomic mass is 32.1. The Morgan fingerprint density at radius 1 is 1.38 bits per heavy atom. The summed E-state index contributed by atoms with van der Waals surface area (Å²) >= 11 is 1.82. The first-order valence-corrected chi connectivity index (χ1v) is 6.83. The van der Waals surface area contributed by atoms with Crippen LogP contribution in [0.15, 0.2) is 29.6 Å². The van der Waals surface area contributed by atoms with Crippen LogP contribution in [-0.4, -0.2) is 0 Å². The van der Waals surface area contributed by atoms with Gasteiger partial charge in [0.25, 0.3) is 0 Å². The second kappa shape index (κ2) is 3.57. The van der Waals surface area contributed by atoms with Gasteiger partial charge in [0.15, 0.2) is 0 Å². The van der Waals surface area contributed by atoms with E-state index in [1.807, 2.05) is 11.3 Å². The van der Waals surface area contributed by atoms with Crippen LogP contribution in [0.1, 0.15) is 31.7 Å². The summed E-state index contributed by atoms with van der Waals surface area (Å²) < 4.78 is 1.39. The highest BCUT2D eigenvalue weighted by Gasteiger charge is 2.36. The first-order chi connectivity index (χ1) is 7.69. The van der Waals surface area contributed by atoms with Crippen molar-refractivity contribution in [3.05, 3.63) is 35.2 Å². The first kappa shape index (κ1) is 10.3. The molecule has 1 aliphatic rings. The molecule has 0 amide bonds. The van der Waals surface area contributed by atoms with Crippen molar-refractivity contribution >= 4 is 21.4 Å². The Labute approximate surface area is 100 Å². The Morgan fingerprint density at radius 3 is 3.00 bits per heavy atom. The van der Waals surface area contributed by atoms with Crippen molar-refractivity contribution in [2.75, 3.05) is 0 Å². The Hall–Kier alpha value is -0.860. The second-order valence-corrected chi connectivity index (χ2v) is 6.06. The summed E-state index contributed by atoms with van der Waals surface area (Å²) in [5, 5.41) is 3.50. The van der Waals surface area contributed by atoms with Crippen LogP contribution in [-0.2, 0) is 5.54 Å². The van der Waals surface area contributed by atoms with E-state index in [1.165, 1.54) is 22.1 Å². The minimum atomic E-state index is -0.0796. The summed E-state index contributed by atoms with van der Waals surface area (Å²) in [4.78, 5) is 0. The number of fused-ring (bicyclic) bond motifs is 1. The SMILES string of the molecule is CC1CCC(N)(c2cccc3ccsc23)C1. The minimum absolute atomic E-state index is 0.0796. The van der Waals surface area contributed by atoms with E-state index in [4.69, 9.17) is 5.73 Å². The minimum Gasteiger partial charge on any atom is -0.321 e. The molecule has 1 aromatic carbocycles. The molecule has 0 saturated heterocycles. The van der Waals surface area contributed by atoms with Crippen molar-refractivity contribution in [2.24, 2.45) is 11.7 Å². The number of rotatable bonds is 1. The summed E-state index contributed by atoms with van der Waals surface area (Å²) in [7, 11) is 0. The average Bonchev–Trinajstić information content (AvgIpc) is 2.85. The summed E-state index contributed by atoms with van der Waals surface area (Å²) in [6, 6.07) is 8.72. The molecule has 2 aromatic rings.